The molecule has 0 radical (unpaired) electrons. The first kappa shape index (κ1) is 9.65. The van der Waals surface area contributed by atoms with Crippen molar-refractivity contribution < 1.29 is 14.4 Å². The van der Waals surface area contributed by atoms with Gasteiger partial charge < -0.3 is 9.57 Å². The Labute approximate surface area is 83.3 Å². The summed E-state index contributed by atoms with van der Waals surface area (Å²) in [5.41, 5.74) is 0.0122. The van der Waals surface area contributed by atoms with Gasteiger partial charge in [0, 0.05) is 12.5 Å². The first-order valence-corrected chi connectivity index (χ1v) is 5.06. The smallest absolute Gasteiger partial charge is 0.167 e. The number of nitrogens with zero attached hydrogens (tertiary/aromatic N) is 1. The largest absolute Gasteiger partial charge is 0.395 e. The molecule has 2 heterocycles. The van der Waals surface area contributed by atoms with Crippen LogP contribution in [0.3, 0.4) is 0 Å². The van der Waals surface area contributed by atoms with Gasteiger partial charge in [0.1, 0.15) is 12.3 Å². The molecule has 0 spiro atoms. The SMILES string of the molecule is CC[C@@]1(C(C)=O)OCC[C@H]2CON=C21. The van der Waals surface area contributed by atoms with E-state index in [1.807, 2.05) is 6.92 Å². The predicted molar refractivity (Wildman–Crippen MR) is 51.1 cm³/mol. The second-order valence-corrected chi connectivity index (χ2v) is 3.84. The van der Waals surface area contributed by atoms with E-state index < -0.39 is 5.60 Å². The van der Waals surface area contributed by atoms with Crippen molar-refractivity contribution in [2.75, 3.05) is 13.2 Å². The van der Waals surface area contributed by atoms with Gasteiger partial charge in [-0.15, -0.1) is 0 Å². The van der Waals surface area contributed by atoms with Crippen molar-refractivity contribution in [1.29, 1.82) is 0 Å². The number of hydrogen-bond donors (Lipinski definition) is 0. The highest BCUT2D eigenvalue weighted by Gasteiger charge is 2.49. The zero-order valence-corrected chi connectivity index (χ0v) is 8.58. The number of fused-ring (bicyclic) bond motifs is 1. The van der Waals surface area contributed by atoms with Gasteiger partial charge in [-0.05, 0) is 19.8 Å². The van der Waals surface area contributed by atoms with Gasteiger partial charge in [0.05, 0.1) is 0 Å². The number of carbonyl (C=O) groups is 1. The second kappa shape index (κ2) is 3.35. The van der Waals surface area contributed by atoms with Crippen molar-refractivity contribution in [2.45, 2.75) is 32.3 Å². The van der Waals surface area contributed by atoms with Crippen LogP contribution in [0.15, 0.2) is 5.16 Å². The molecule has 0 aliphatic carbocycles. The van der Waals surface area contributed by atoms with Crippen molar-refractivity contribution in [3.05, 3.63) is 0 Å². The van der Waals surface area contributed by atoms with Gasteiger partial charge in [0.15, 0.2) is 11.4 Å². The molecule has 4 heteroatoms. The Morgan fingerprint density at radius 2 is 2.50 bits per heavy atom. The van der Waals surface area contributed by atoms with Gasteiger partial charge in [-0.2, -0.15) is 0 Å². The van der Waals surface area contributed by atoms with Crippen LogP contribution in [0.5, 0.6) is 0 Å². The highest BCUT2D eigenvalue weighted by atomic mass is 16.6. The highest BCUT2D eigenvalue weighted by molar-refractivity contribution is 6.13. The molecular formula is C10H15NO3. The Morgan fingerprint density at radius 3 is 3.14 bits per heavy atom. The molecule has 0 bridgehead atoms. The van der Waals surface area contributed by atoms with Crippen LogP contribution in [0.25, 0.3) is 0 Å². The van der Waals surface area contributed by atoms with E-state index in [0.29, 0.717) is 19.6 Å². The van der Waals surface area contributed by atoms with Crippen molar-refractivity contribution in [2.24, 2.45) is 11.1 Å². The van der Waals surface area contributed by atoms with Crippen LogP contribution in [-0.2, 0) is 14.4 Å². The Kier molecular flexibility index (Phi) is 2.31. The maximum absolute atomic E-state index is 11.6. The molecule has 0 amide bonds. The summed E-state index contributed by atoms with van der Waals surface area (Å²) in [4.78, 5) is 16.7. The van der Waals surface area contributed by atoms with Crippen molar-refractivity contribution in [3.63, 3.8) is 0 Å². The van der Waals surface area contributed by atoms with Gasteiger partial charge in [-0.3, -0.25) is 4.79 Å². The van der Waals surface area contributed by atoms with Crippen molar-refractivity contribution in [3.8, 4) is 0 Å². The Balaban J connectivity index is 2.35. The first-order valence-electron chi connectivity index (χ1n) is 5.06. The van der Waals surface area contributed by atoms with Crippen LogP contribution in [0.2, 0.25) is 0 Å². The molecule has 0 saturated carbocycles. The molecule has 2 aliphatic heterocycles. The molecule has 1 saturated heterocycles. The quantitative estimate of drug-likeness (QED) is 0.667. The molecule has 2 aliphatic rings. The van der Waals surface area contributed by atoms with E-state index in [1.54, 1.807) is 6.92 Å². The standard InChI is InChI=1S/C10H15NO3/c1-3-10(7(2)12)9-8(4-5-13-10)6-14-11-9/h8H,3-6H2,1-2H3/t8-,10-/m0/s1. The molecule has 0 aromatic rings. The van der Waals surface area contributed by atoms with Gasteiger partial charge in [0.2, 0.25) is 0 Å². The number of ketones is 1. The molecule has 4 nitrogen and oxygen atoms in total. The van der Waals surface area contributed by atoms with E-state index in [2.05, 4.69) is 5.16 Å². The third-order valence-electron chi connectivity index (χ3n) is 3.12. The summed E-state index contributed by atoms with van der Waals surface area (Å²) < 4.78 is 5.63. The van der Waals surface area contributed by atoms with E-state index in [4.69, 9.17) is 9.57 Å². The van der Waals surface area contributed by atoms with Crippen LogP contribution in [0.1, 0.15) is 26.7 Å². The fraction of sp³-hybridized carbons (Fsp3) is 0.800. The molecular weight excluding hydrogens is 182 g/mol. The minimum atomic E-state index is -0.792. The summed E-state index contributed by atoms with van der Waals surface area (Å²) >= 11 is 0. The van der Waals surface area contributed by atoms with Gasteiger partial charge in [-0.1, -0.05) is 12.1 Å². The van der Waals surface area contributed by atoms with Crippen LogP contribution in [-0.4, -0.2) is 30.3 Å². The van der Waals surface area contributed by atoms with E-state index in [0.717, 1.165) is 12.1 Å². The number of rotatable bonds is 2. The zero-order valence-electron chi connectivity index (χ0n) is 8.58. The average molecular weight is 197 g/mol. The lowest BCUT2D eigenvalue weighted by molar-refractivity contribution is -0.136. The predicted octanol–water partition coefficient (Wildman–Crippen LogP) is 1.15. The summed E-state index contributed by atoms with van der Waals surface area (Å²) in [5, 5.41) is 3.97. The fourth-order valence-electron chi connectivity index (χ4n) is 2.24. The third kappa shape index (κ3) is 1.17. The second-order valence-electron chi connectivity index (χ2n) is 3.84. The summed E-state index contributed by atoms with van der Waals surface area (Å²) in [6, 6.07) is 0. The minimum Gasteiger partial charge on any atom is -0.395 e. The number of carbonyl (C=O) groups excluding carboxylic acids is 1. The van der Waals surface area contributed by atoms with Crippen LogP contribution in [0.4, 0.5) is 0 Å². The van der Waals surface area contributed by atoms with Gasteiger partial charge >= 0.3 is 0 Å². The monoisotopic (exact) mass is 197 g/mol. The van der Waals surface area contributed by atoms with Gasteiger partial charge in [-0.25, -0.2) is 0 Å². The Bertz CT molecular complexity index is 287. The van der Waals surface area contributed by atoms with Crippen LogP contribution in [0, 0.1) is 5.92 Å². The zero-order chi connectivity index (χ0) is 10.2. The Morgan fingerprint density at radius 1 is 1.71 bits per heavy atom. The molecule has 0 N–H and O–H groups in total. The molecule has 14 heavy (non-hydrogen) atoms. The summed E-state index contributed by atoms with van der Waals surface area (Å²) in [6.07, 6.45) is 1.55. The average Bonchev–Trinajstić information content (AvgIpc) is 2.64. The molecule has 2 atom stereocenters. The summed E-state index contributed by atoms with van der Waals surface area (Å²) in [7, 11) is 0. The summed E-state index contributed by atoms with van der Waals surface area (Å²) in [5.74, 6) is 0.321. The lowest BCUT2D eigenvalue weighted by Crippen LogP contribution is -2.53. The number of ether oxygens (including phenoxy) is 1. The van der Waals surface area contributed by atoms with E-state index in [9.17, 15) is 4.79 Å². The topological polar surface area (TPSA) is 47.9 Å². The lowest BCUT2D eigenvalue weighted by atomic mass is 9.80. The van der Waals surface area contributed by atoms with E-state index >= 15 is 0 Å². The normalized spacial score (nSPS) is 35.9. The fourth-order valence-corrected chi connectivity index (χ4v) is 2.24. The Hall–Kier alpha value is -0.900. The van der Waals surface area contributed by atoms with Crippen LogP contribution >= 0.6 is 0 Å². The van der Waals surface area contributed by atoms with Crippen molar-refractivity contribution in [1.82, 2.24) is 0 Å². The van der Waals surface area contributed by atoms with E-state index in [-0.39, 0.29) is 11.7 Å². The molecule has 0 aromatic carbocycles. The first-order chi connectivity index (χ1) is 6.70. The minimum absolute atomic E-state index is 0.0361. The van der Waals surface area contributed by atoms with Crippen LogP contribution < -0.4 is 0 Å². The third-order valence-corrected chi connectivity index (χ3v) is 3.12. The van der Waals surface area contributed by atoms with Crippen molar-refractivity contribution >= 4 is 11.5 Å². The van der Waals surface area contributed by atoms with E-state index in [1.165, 1.54) is 0 Å². The molecule has 2 rings (SSSR count). The summed E-state index contributed by atoms with van der Waals surface area (Å²) in [6.45, 7) is 4.74. The maximum atomic E-state index is 11.6. The molecule has 0 unspecified atom stereocenters. The number of oxime groups is 1. The number of Topliss-reactive ketones (excluding diaryl/α,β-unsaturated/α-hetero) is 1. The molecule has 0 aromatic heterocycles. The molecule has 78 valence electrons. The molecule has 1 fully saturated rings. The number of hydrogen-bond acceptors (Lipinski definition) is 4. The highest BCUT2D eigenvalue weighted by Crippen LogP contribution is 2.33. The van der Waals surface area contributed by atoms with Gasteiger partial charge in [0.25, 0.3) is 0 Å². The maximum Gasteiger partial charge on any atom is 0.167 e. The lowest BCUT2D eigenvalue weighted by Gasteiger charge is -2.36.